The van der Waals surface area contributed by atoms with Crippen molar-refractivity contribution in [2.24, 2.45) is 5.92 Å². The summed E-state index contributed by atoms with van der Waals surface area (Å²) in [4.78, 5) is 0. The van der Waals surface area contributed by atoms with Gasteiger partial charge in [-0.2, -0.15) is 0 Å². The molecule has 0 unspecified atom stereocenters. The molecule has 0 radical (unpaired) electrons. The fraction of sp³-hybridized carbons (Fsp3) is 0.818. The molecule has 0 aliphatic rings. The van der Waals surface area contributed by atoms with Gasteiger partial charge in [-0.15, -0.1) is 5.10 Å². The van der Waals surface area contributed by atoms with Crippen LogP contribution in [0.15, 0.2) is 4.42 Å². The maximum absolute atomic E-state index is 5.40. The molecule has 5 nitrogen and oxygen atoms in total. The van der Waals surface area contributed by atoms with Crippen molar-refractivity contribution in [1.82, 2.24) is 15.5 Å². The molecule has 0 fully saturated rings. The van der Waals surface area contributed by atoms with Crippen LogP contribution in [0.1, 0.15) is 39.5 Å². The van der Waals surface area contributed by atoms with Crippen molar-refractivity contribution in [2.45, 2.75) is 40.2 Å². The van der Waals surface area contributed by atoms with Gasteiger partial charge >= 0.3 is 6.01 Å². The fourth-order valence-electron chi connectivity index (χ4n) is 1.33. The second-order valence-electron chi connectivity index (χ2n) is 4.24. The Morgan fingerprint density at radius 1 is 1.31 bits per heavy atom. The second kappa shape index (κ2) is 7.22. The lowest BCUT2D eigenvalue weighted by Crippen LogP contribution is -2.11. The summed E-state index contributed by atoms with van der Waals surface area (Å²) in [5.41, 5.74) is 0. The van der Waals surface area contributed by atoms with E-state index in [9.17, 15) is 0 Å². The molecule has 2 N–H and O–H groups in total. The number of nitrogens with zero attached hydrogens (tertiary/aromatic N) is 2. The predicted molar refractivity (Wildman–Crippen MR) is 64.2 cm³/mol. The first kappa shape index (κ1) is 13.0. The van der Waals surface area contributed by atoms with Crippen molar-refractivity contribution in [3.05, 3.63) is 5.89 Å². The van der Waals surface area contributed by atoms with Crippen LogP contribution in [-0.4, -0.2) is 23.3 Å². The van der Waals surface area contributed by atoms with E-state index in [1.165, 1.54) is 6.42 Å². The monoisotopic (exact) mass is 226 g/mol. The van der Waals surface area contributed by atoms with Crippen molar-refractivity contribution in [3.63, 3.8) is 0 Å². The number of hydrogen-bond donors (Lipinski definition) is 2. The molecule has 5 heteroatoms. The summed E-state index contributed by atoms with van der Waals surface area (Å²) in [6, 6.07) is 0.525. The standard InChI is InChI=1S/C11H22N4O/c1-4-12-8-10-14-15-11(16-10)13-7-5-6-9(2)3/h9,12H,4-8H2,1-3H3,(H,13,15). The smallest absolute Gasteiger partial charge is 0.315 e. The summed E-state index contributed by atoms with van der Waals surface area (Å²) in [5, 5.41) is 14.1. The average Bonchev–Trinajstić information content (AvgIpc) is 2.69. The van der Waals surface area contributed by atoms with Crippen LogP contribution in [0, 0.1) is 5.92 Å². The molecule has 0 atom stereocenters. The molecule has 0 saturated carbocycles. The lowest BCUT2D eigenvalue weighted by atomic mass is 10.1. The van der Waals surface area contributed by atoms with Gasteiger partial charge in [-0.3, -0.25) is 0 Å². The summed E-state index contributed by atoms with van der Waals surface area (Å²) < 4.78 is 5.40. The number of rotatable bonds is 8. The molecule has 1 aromatic rings. The van der Waals surface area contributed by atoms with Crippen molar-refractivity contribution in [3.8, 4) is 0 Å². The molecule has 1 rings (SSSR count). The molecule has 0 bridgehead atoms. The second-order valence-corrected chi connectivity index (χ2v) is 4.24. The zero-order chi connectivity index (χ0) is 11.8. The van der Waals surface area contributed by atoms with Crippen molar-refractivity contribution >= 4 is 6.01 Å². The van der Waals surface area contributed by atoms with E-state index in [0.717, 1.165) is 25.4 Å². The Hall–Kier alpha value is -1.10. The molecule has 0 spiro atoms. The van der Waals surface area contributed by atoms with Crippen molar-refractivity contribution in [2.75, 3.05) is 18.4 Å². The zero-order valence-electron chi connectivity index (χ0n) is 10.4. The largest absolute Gasteiger partial charge is 0.407 e. The minimum absolute atomic E-state index is 0.525. The summed E-state index contributed by atoms with van der Waals surface area (Å²) in [6.07, 6.45) is 2.34. The fourth-order valence-corrected chi connectivity index (χ4v) is 1.33. The molecular weight excluding hydrogens is 204 g/mol. The molecule has 0 saturated heterocycles. The lowest BCUT2D eigenvalue weighted by Gasteiger charge is -2.03. The van der Waals surface area contributed by atoms with E-state index >= 15 is 0 Å². The predicted octanol–water partition coefficient (Wildman–Crippen LogP) is 2.03. The third-order valence-corrected chi connectivity index (χ3v) is 2.23. The Balaban J connectivity index is 2.19. The third-order valence-electron chi connectivity index (χ3n) is 2.23. The highest BCUT2D eigenvalue weighted by Crippen LogP contribution is 2.07. The van der Waals surface area contributed by atoms with Gasteiger partial charge < -0.3 is 15.1 Å². The Bertz CT molecular complexity index is 285. The van der Waals surface area contributed by atoms with Gasteiger partial charge in [-0.1, -0.05) is 25.9 Å². The maximum atomic E-state index is 5.40. The van der Waals surface area contributed by atoms with Crippen LogP contribution in [0.25, 0.3) is 0 Å². The van der Waals surface area contributed by atoms with E-state index in [1.807, 2.05) is 6.92 Å². The molecule has 0 aliphatic carbocycles. The van der Waals surface area contributed by atoms with Gasteiger partial charge in [0.2, 0.25) is 5.89 Å². The Morgan fingerprint density at radius 2 is 2.12 bits per heavy atom. The van der Waals surface area contributed by atoms with Gasteiger partial charge in [-0.25, -0.2) is 0 Å². The van der Waals surface area contributed by atoms with Gasteiger partial charge in [-0.05, 0) is 25.3 Å². The Kier molecular flexibility index (Phi) is 5.85. The van der Waals surface area contributed by atoms with E-state index in [-0.39, 0.29) is 0 Å². The molecule has 92 valence electrons. The normalized spacial score (nSPS) is 11.0. The molecule has 1 aromatic heterocycles. The van der Waals surface area contributed by atoms with Crippen LogP contribution in [0.3, 0.4) is 0 Å². The van der Waals surface area contributed by atoms with Gasteiger partial charge in [0, 0.05) is 6.54 Å². The molecular formula is C11H22N4O. The van der Waals surface area contributed by atoms with E-state index in [0.29, 0.717) is 18.5 Å². The zero-order valence-corrected chi connectivity index (χ0v) is 10.4. The van der Waals surface area contributed by atoms with E-state index in [2.05, 4.69) is 34.7 Å². The van der Waals surface area contributed by atoms with Gasteiger partial charge in [0.1, 0.15) is 0 Å². The Morgan fingerprint density at radius 3 is 2.81 bits per heavy atom. The molecule has 1 heterocycles. The first-order chi connectivity index (χ1) is 7.72. The van der Waals surface area contributed by atoms with Crippen molar-refractivity contribution < 1.29 is 4.42 Å². The lowest BCUT2D eigenvalue weighted by molar-refractivity contribution is 0.479. The number of nitrogens with one attached hydrogen (secondary N) is 2. The quantitative estimate of drug-likeness (QED) is 0.664. The molecule has 0 amide bonds. The van der Waals surface area contributed by atoms with Crippen LogP contribution in [0.5, 0.6) is 0 Å². The molecule has 0 aliphatic heterocycles. The minimum Gasteiger partial charge on any atom is -0.407 e. The van der Waals surface area contributed by atoms with Crippen LogP contribution in [-0.2, 0) is 6.54 Å². The number of aromatic nitrogens is 2. The maximum Gasteiger partial charge on any atom is 0.315 e. The van der Waals surface area contributed by atoms with Crippen LogP contribution >= 0.6 is 0 Å². The number of hydrogen-bond acceptors (Lipinski definition) is 5. The molecule has 16 heavy (non-hydrogen) atoms. The van der Waals surface area contributed by atoms with Gasteiger partial charge in [0.25, 0.3) is 0 Å². The molecule has 0 aromatic carbocycles. The highest BCUT2D eigenvalue weighted by atomic mass is 16.4. The minimum atomic E-state index is 0.525. The summed E-state index contributed by atoms with van der Waals surface area (Å²) >= 11 is 0. The van der Waals surface area contributed by atoms with Crippen LogP contribution < -0.4 is 10.6 Å². The summed E-state index contributed by atoms with van der Waals surface area (Å²) in [6.45, 7) is 8.92. The van der Waals surface area contributed by atoms with E-state index in [1.54, 1.807) is 0 Å². The van der Waals surface area contributed by atoms with Crippen LogP contribution in [0.4, 0.5) is 6.01 Å². The summed E-state index contributed by atoms with van der Waals surface area (Å²) in [5.74, 6) is 1.38. The number of anilines is 1. The first-order valence-electron chi connectivity index (χ1n) is 5.99. The van der Waals surface area contributed by atoms with Crippen molar-refractivity contribution in [1.29, 1.82) is 0 Å². The van der Waals surface area contributed by atoms with Gasteiger partial charge in [0.05, 0.1) is 6.54 Å². The van der Waals surface area contributed by atoms with Crippen LogP contribution in [0.2, 0.25) is 0 Å². The average molecular weight is 226 g/mol. The first-order valence-corrected chi connectivity index (χ1v) is 5.99. The third kappa shape index (κ3) is 5.11. The Labute approximate surface area is 97.0 Å². The highest BCUT2D eigenvalue weighted by Gasteiger charge is 2.04. The van der Waals surface area contributed by atoms with E-state index < -0.39 is 0 Å². The SMILES string of the molecule is CCNCc1nnc(NCCCC(C)C)o1. The highest BCUT2D eigenvalue weighted by molar-refractivity contribution is 5.16. The topological polar surface area (TPSA) is 63.0 Å². The van der Waals surface area contributed by atoms with E-state index in [4.69, 9.17) is 4.42 Å². The summed E-state index contributed by atoms with van der Waals surface area (Å²) in [7, 11) is 0. The van der Waals surface area contributed by atoms with Gasteiger partial charge in [0.15, 0.2) is 0 Å².